The lowest BCUT2D eigenvalue weighted by molar-refractivity contribution is 0.0676. The van der Waals surface area contributed by atoms with Crippen LogP contribution in [0.15, 0.2) is 72.8 Å². The number of hydrogen-bond donors (Lipinski definition) is 4. The van der Waals surface area contributed by atoms with Crippen LogP contribution in [0.25, 0.3) is 0 Å². The molecule has 0 aromatic heterocycles. The largest absolute Gasteiger partial charge is 0.478 e. The molecule has 6 rings (SSSR count). The molecule has 4 aromatic rings. The minimum Gasteiger partial charge on any atom is -0.478 e. The highest BCUT2D eigenvalue weighted by molar-refractivity contribution is 6.35. The predicted molar refractivity (Wildman–Crippen MR) is 156 cm³/mol. The summed E-state index contributed by atoms with van der Waals surface area (Å²) < 4.78 is 5.81. The second-order valence-electron chi connectivity index (χ2n) is 10.2. The zero-order valence-electron chi connectivity index (χ0n) is 23.3. The van der Waals surface area contributed by atoms with Crippen molar-refractivity contribution in [2.75, 3.05) is 9.80 Å². The van der Waals surface area contributed by atoms with E-state index in [9.17, 15) is 58.8 Å². The summed E-state index contributed by atoms with van der Waals surface area (Å²) in [6.07, 6.45) is 0. The lowest BCUT2D eigenvalue weighted by Crippen LogP contribution is -2.29. The molecule has 0 aliphatic carbocycles. The number of fused-ring (bicyclic) bond motifs is 2. The van der Waals surface area contributed by atoms with Gasteiger partial charge in [-0.3, -0.25) is 19.2 Å². The van der Waals surface area contributed by atoms with E-state index >= 15 is 0 Å². The van der Waals surface area contributed by atoms with E-state index in [2.05, 4.69) is 0 Å². The molecule has 2 aliphatic heterocycles. The quantitative estimate of drug-likeness (QED) is 0.201. The van der Waals surface area contributed by atoms with Gasteiger partial charge in [0.2, 0.25) is 0 Å². The number of carboxylic acid groups (broad SMARTS) is 4. The monoisotopic (exact) mass is 636 g/mol. The lowest BCUT2D eigenvalue weighted by atomic mass is 10.1. The topological polar surface area (TPSA) is 233 Å². The van der Waals surface area contributed by atoms with Gasteiger partial charge in [0.1, 0.15) is 11.5 Å². The summed E-state index contributed by atoms with van der Waals surface area (Å²) in [6.45, 7) is 0. The number of aromatic carboxylic acids is 4. The third kappa shape index (κ3) is 4.98. The van der Waals surface area contributed by atoms with Crippen LogP contribution in [0, 0.1) is 0 Å². The smallest absolute Gasteiger partial charge is 0.335 e. The third-order valence-electron chi connectivity index (χ3n) is 7.29. The maximum atomic E-state index is 13.3. The second kappa shape index (κ2) is 10.8. The Bertz CT molecular complexity index is 1970. The first-order valence-corrected chi connectivity index (χ1v) is 13.2. The van der Waals surface area contributed by atoms with Crippen LogP contribution in [0.5, 0.6) is 11.5 Å². The Kier molecular flexibility index (Phi) is 6.85. The van der Waals surface area contributed by atoms with E-state index < -0.39 is 69.8 Å². The van der Waals surface area contributed by atoms with Gasteiger partial charge in [0.15, 0.2) is 0 Å². The summed E-state index contributed by atoms with van der Waals surface area (Å²) in [6, 6.07) is 13.3. The number of imide groups is 2. The summed E-state index contributed by atoms with van der Waals surface area (Å²) in [5, 5.41) is 37.5. The van der Waals surface area contributed by atoms with Crippen LogP contribution in [-0.4, -0.2) is 67.9 Å². The van der Waals surface area contributed by atoms with E-state index in [0.29, 0.717) is 9.80 Å². The van der Waals surface area contributed by atoms with Crippen molar-refractivity contribution in [1.29, 1.82) is 0 Å². The highest BCUT2D eigenvalue weighted by atomic mass is 16.5. The molecule has 15 heteroatoms. The number of ether oxygens (including phenoxy) is 1. The number of hydrogen-bond acceptors (Lipinski definition) is 9. The normalized spacial score (nSPS) is 13.4. The molecule has 0 unspecified atom stereocenters. The van der Waals surface area contributed by atoms with Crippen LogP contribution < -0.4 is 14.5 Å². The number of rotatable bonds is 8. The average molecular weight is 636 g/mol. The fourth-order valence-electron chi connectivity index (χ4n) is 5.15. The molecule has 0 saturated carbocycles. The Labute approximate surface area is 261 Å². The van der Waals surface area contributed by atoms with Crippen LogP contribution in [0.3, 0.4) is 0 Å². The fourth-order valence-corrected chi connectivity index (χ4v) is 5.15. The highest BCUT2D eigenvalue weighted by Crippen LogP contribution is 2.36. The van der Waals surface area contributed by atoms with E-state index in [1.54, 1.807) is 0 Å². The van der Waals surface area contributed by atoms with Crippen molar-refractivity contribution in [3.63, 3.8) is 0 Å². The van der Waals surface area contributed by atoms with Gasteiger partial charge >= 0.3 is 23.9 Å². The van der Waals surface area contributed by atoms with Crippen LogP contribution in [0.2, 0.25) is 0 Å². The number of nitrogens with zero attached hydrogens (tertiary/aromatic N) is 2. The molecule has 2 aliphatic rings. The molecule has 15 nitrogen and oxygen atoms in total. The van der Waals surface area contributed by atoms with Crippen molar-refractivity contribution in [2.24, 2.45) is 0 Å². The molecule has 0 radical (unpaired) electrons. The number of amides is 4. The van der Waals surface area contributed by atoms with E-state index in [-0.39, 0.29) is 45.1 Å². The van der Waals surface area contributed by atoms with Gasteiger partial charge in [-0.2, -0.15) is 0 Å². The Morgan fingerprint density at radius 1 is 0.426 bits per heavy atom. The Balaban J connectivity index is 1.29. The fraction of sp³-hybridized carbons (Fsp3) is 0. The second-order valence-corrected chi connectivity index (χ2v) is 10.2. The Hall–Kier alpha value is -7.16. The van der Waals surface area contributed by atoms with Crippen molar-refractivity contribution in [1.82, 2.24) is 0 Å². The standard InChI is InChI=1S/C32H16N2O13/c35-25-21-3-1-19(11-23(21)27(37)33(25)17-7-13(29(39)40)5-14(8-17)30(41)42)47-20-2-4-22-24(12-20)28(38)34(26(22)36)18-9-15(31(43)44)6-16(10-18)32(45)46/h1-12H,(H,39,40)(H,41,42)(H,43,44)(H,45,46). The summed E-state index contributed by atoms with van der Waals surface area (Å²) in [7, 11) is 0. The van der Waals surface area contributed by atoms with Gasteiger partial charge in [-0.15, -0.1) is 0 Å². The van der Waals surface area contributed by atoms with Gasteiger partial charge in [0, 0.05) is 0 Å². The molecule has 4 N–H and O–H groups in total. The van der Waals surface area contributed by atoms with Gasteiger partial charge in [-0.05, 0) is 72.8 Å². The van der Waals surface area contributed by atoms with Crippen LogP contribution in [0.4, 0.5) is 11.4 Å². The van der Waals surface area contributed by atoms with Gasteiger partial charge in [0.25, 0.3) is 23.6 Å². The molecular formula is C32H16N2O13. The van der Waals surface area contributed by atoms with Crippen molar-refractivity contribution in [2.45, 2.75) is 0 Å². The van der Waals surface area contributed by atoms with E-state index in [0.717, 1.165) is 36.4 Å². The van der Waals surface area contributed by atoms with Crippen molar-refractivity contribution in [3.05, 3.63) is 117 Å². The molecular weight excluding hydrogens is 620 g/mol. The van der Waals surface area contributed by atoms with E-state index in [1.807, 2.05) is 0 Å². The minimum absolute atomic E-state index is 0.0195. The Morgan fingerprint density at radius 2 is 0.723 bits per heavy atom. The molecule has 0 bridgehead atoms. The van der Waals surface area contributed by atoms with E-state index in [4.69, 9.17) is 4.74 Å². The maximum absolute atomic E-state index is 13.3. The maximum Gasteiger partial charge on any atom is 0.335 e. The van der Waals surface area contributed by atoms with Crippen molar-refractivity contribution < 1.29 is 63.5 Å². The van der Waals surface area contributed by atoms with E-state index in [1.165, 1.54) is 36.4 Å². The molecule has 0 spiro atoms. The summed E-state index contributed by atoms with van der Waals surface area (Å²) in [5.41, 5.74) is -2.81. The summed E-state index contributed by atoms with van der Waals surface area (Å²) in [5.74, 6) is -9.30. The SMILES string of the molecule is O=C(O)c1cc(C(=O)O)cc(N2C(=O)c3ccc(Oc4ccc5c(c4)C(=O)N(c4cc(C(=O)O)cc(C(=O)O)c4)C5=O)cc3C2=O)c1. The number of carboxylic acids is 4. The number of carbonyl (C=O) groups is 8. The van der Waals surface area contributed by atoms with Crippen LogP contribution >= 0.6 is 0 Å². The first kappa shape index (κ1) is 29.9. The minimum atomic E-state index is -1.47. The van der Waals surface area contributed by atoms with Crippen LogP contribution in [-0.2, 0) is 0 Å². The van der Waals surface area contributed by atoms with Crippen molar-refractivity contribution in [3.8, 4) is 11.5 Å². The molecule has 232 valence electrons. The first-order valence-electron chi connectivity index (χ1n) is 13.2. The Morgan fingerprint density at radius 3 is 1.02 bits per heavy atom. The zero-order chi connectivity index (χ0) is 33.9. The molecule has 2 heterocycles. The van der Waals surface area contributed by atoms with Crippen LogP contribution in [0.1, 0.15) is 82.9 Å². The molecule has 4 amide bonds. The number of benzene rings is 4. The third-order valence-corrected chi connectivity index (χ3v) is 7.29. The predicted octanol–water partition coefficient (Wildman–Crippen LogP) is 3.87. The average Bonchev–Trinajstić information content (AvgIpc) is 3.43. The van der Waals surface area contributed by atoms with Gasteiger partial charge < -0.3 is 25.2 Å². The first-order chi connectivity index (χ1) is 22.2. The highest BCUT2D eigenvalue weighted by Gasteiger charge is 2.39. The van der Waals surface area contributed by atoms with Gasteiger partial charge in [-0.1, -0.05) is 0 Å². The summed E-state index contributed by atoms with van der Waals surface area (Å²) in [4.78, 5) is 100. The van der Waals surface area contributed by atoms with Gasteiger partial charge in [-0.25, -0.2) is 29.0 Å². The number of carbonyl (C=O) groups excluding carboxylic acids is 4. The van der Waals surface area contributed by atoms with Gasteiger partial charge in [0.05, 0.1) is 55.9 Å². The number of anilines is 2. The van der Waals surface area contributed by atoms with Crippen molar-refractivity contribution >= 4 is 58.9 Å². The molecule has 0 atom stereocenters. The molecule has 0 fully saturated rings. The lowest BCUT2D eigenvalue weighted by Gasteiger charge is -2.15. The summed E-state index contributed by atoms with van der Waals surface area (Å²) >= 11 is 0. The molecule has 47 heavy (non-hydrogen) atoms. The molecule has 0 saturated heterocycles. The molecule has 4 aromatic carbocycles. The zero-order valence-corrected chi connectivity index (χ0v) is 23.3.